The van der Waals surface area contributed by atoms with Gasteiger partial charge in [-0.2, -0.15) is 5.10 Å². The fourth-order valence-corrected chi connectivity index (χ4v) is 3.81. The lowest BCUT2D eigenvalue weighted by atomic mass is 10.2. The van der Waals surface area contributed by atoms with Gasteiger partial charge in [0, 0.05) is 10.7 Å². The van der Waals surface area contributed by atoms with Crippen LogP contribution in [-0.2, 0) is 6.54 Å². The van der Waals surface area contributed by atoms with Crippen molar-refractivity contribution in [2.24, 2.45) is 0 Å². The van der Waals surface area contributed by atoms with E-state index >= 15 is 0 Å². The van der Waals surface area contributed by atoms with Crippen LogP contribution in [0, 0.1) is 0 Å². The molecular weight excluding hydrogens is 402 g/mol. The van der Waals surface area contributed by atoms with Crippen LogP contribution in [-0.4, -0.2) is 9.78 Å². The van der Waals surface area contributed by atoms with Gasteiger partial charge in [-0.25, -0.2) is 0 Å². The quantitative estimate of drug-likeness (QED) is 0.673. The van der Waals surface area contributed by atoms with Crippen LogP contribution in [0.4, 0.5) is 5.69 Å². The molecule has 2 N–H and O–H groups in total. The minimum absolute atomic E-state index is 0.703. The molecule has 2 aromatic heterocycles. The van der Waals surface area contributed by atoms with Crippen LogP contribution in [0.15, 0.2) is 50.9 Å². The molecule has 3 aromatic rings. The number of rotatable bonds is 3. The number of nitrogen functional groups attached to an aromatic ring is 1. The second kappa shape index (κ2) is 5.71. The van der Waals surface area contributed by atoms with Gasteiger partial charge < -0.3 is 5.73 Å². The smallest absolute Gasteiger partial charge is 0.125 e. The molecule has 0 aliphatic rings. The molecule has 6 heteroatoms. The number of halogens is 2. The standard InChI is InChI=1S/C14H11Br2N3S/c15-10-3-1-2-9(6-10)7-19-8-11(17)14(18-19)12-4-5-13(16)20-12/h1-6,8H,7,17H2. The number of thiophene rings is 1. The molecule has 20 heavy (non-hydrogen) atoms. The van der Waals surface area contributed by atoms with E-state index in [0.29, 0.717) is 12.2 Å². The van der Waals surface area contributed by atoms with Crippen molar-refractivity contribution in [3.05, 3.63) is 56.4 Å². The maximum atomic E-state index is 6.06. The lowest BCUT2D eigenvalue weighted by Crippen LogP contribution is -2.00. The Morgan fingerprint density at radius 1 is 1.20 bits per heavy atom. The summed E-state index contributed by atoms with van der Waals surface area (Å²) in [4.78, 5) is 1.07. The summed E-state index contributed by atoms with van der Waals surface area (Å²) < 4.78 is 4.02. The summed E-state index contributed by atoms with van der Waals surface area (Å²) >= 11 is 8.57. The van der Waals surface area contributed by atoms with E-state index in [9.17, 15) is 0 Å². The van der Waals surface area contributed by atoms with Gasteiger partial charge in [0.2, 0.25) is 0 Å². The van der Waals surface area contributed by atoms with Gasteiger partial charge in [0.15, 0.2) is 0 Å². The molecule has 3 rings (SSSR count). The average molecular weight is 413 g/mol. The van der Waals surface area contributed by atoms with Gasteiger partial charge in [0.1, 0.15) is 5.69 Å². The van der Waals surface area contributed by atoms with Crippen molar-refractivity contribution in [1.29, 1.82) is 0 Å². The Balaban J connectivity index is 1.89. The number of benzene rings is 1. The first-order valence-electron chi connectivity index (χ1n) is 5.95. The van der Waals surface area contributed by atoms with Gasteiger partial charge in [-0.1, -0.05) is 28.1 Å². The third kappa shape index (κ3) is 2.97. The van der Waals surface area contributed by atoms with Crippen molar-refractivity contribution in [2.75, 3.05) is 5.73 Å². The summed E-state index contributed by atoms with van der Waals surface area (Å²) in [6, 6.07) is 12.2. The van der Waals surface area contributed by atoms with Crippen LogP contribution < -0.4 is 5.73 Å². The highest BCUT2D eigenvalue weighted by atomic mass is 79.9. The van der Waals surface area contributed by atoms with Crippen LogP contribution in [0.5, 0.6) is 0 Å². The third-order valence-electron chi connectivity index (χ3n) is 2.83. The van der Waals surface area contributed by atoms with Crippen LogP contribution in [0.1, 0.15) is 5.56 Å². The lowest BCUT2D eigenvalue weighted by Gasteiger charge is -2.02. The van der Waals surface area contributed by atoms with Gasteiger partial charge in [-0.3, -0.25) is 4.68 Å². The molecule has 0 atom stereocenters. The minimum Gasteiger partial charge on any atom is -0.396 e. The maximum absolute atomic E-state index is 6.06. The molecule has 3 nitrogen and oxygen atoms in total. The van der Waals surface area contributed by atoms with E-state index in [1.807, 2.05) is 35.1 Å². The highest BCUT2D eigenvalue weighted by molar-refractivity contribution is 9.11. The molecule has 0 amide bonds. The number of hydrogen-bond donors (Lipinski definition) is 1. The normalized spacial score (nSPS) is 10.9. The highest BCUT2D eigenvalue weighted by Gasteiger charge is 2.11. The number of hydrogen-bond acceptors (Lipinski definition) is 3. The van der Waals surface area contributed by atoms with Gasteiger partial charge in [-0.15, -0.1) is 11.3 Å². The first kappa shape index (κ1) is 13.9. The zero-order valence-corrected chi connectivity index (χ0v) is 14.4. The van der Waals surface area contributed by atoms with Gasteiger partial charge in [0.05, 0.1) is 20.9 Å². The van der Waals surface area contributed by atoms with Crippen molar-refractivity contribution in [3.63, 3.8) is 0 Å². The fourth-order valence-electron chi connectivity index (χ4n) is 1.97. The van der Waals surface area contributed by atoms with Crippen molar-refractivity contribution in [1.82, 2.24) is 9.78 Å². The zero-order valence-electron chi connectivity index (χ0n) is 10.4. The largest absolute Gasteiger partial charge is 0.396 e. The lowest BCUT2D eigenvalue weighted by molar-refractivity contribution is 0.689. The third-order valence-corrected chi connectivity index (χ3v) is 4.95. The van der Waals surface area contributed by atoms with E-state index in [-0.39, 0.29) is 0 Å². The molecule has 0 aliphatic carbocycles. The Morgan fingerprint density at radius 3 is 2.75 bits per heavy atom. The molecule has 0 saturated carbocycles. The SMILES string of the molecule is Nc1cn(Cc2cccc(Br)c2)nc1-c1ccc(Br)s1. The van der Waals surface area contributed by atoms with Gasteiger partial charge >= 0.3 is 0 Å². The van der Waals surface area contributed by atoms with Crippen molar-refractivity contribution in [3.8, 4) is 10.6 Å². The average Bonchev–Trinajstić information content (AvgIpc) is 2.96. The second-order valence-corrected chi connectivity index (χ2v) is 7.74. The van der Waals surface area contributed by atoms with E-state index in [1.165, 1.54) is 5.56 Å². The molecule has 2 heterocycles. The van der Waals surface area contributed by atoms with Gasteiger partial charge in [-0.05, 0) is 45.8 Å². The van der Waals surface area contributed by atoms with Crippen LogP contribution in [0.25, 0.3) is 10.6 Å². The topological polar surface area (TPSA) is 43.8 Å². The molecule has 0 unspecified atom stereocenters. The summed E-state index contributed by atoms with van der Waals surface area (Å²) in [7, 11) is 0. The monoisotopic (exact) mass is 411 g/mol. The molecule has 0 aliphatic heterocycles. The molecule has 1 aromatic carbocycles. The fraction of sp³-hybridized carbons (Fsp3) is 0.0714. The number of aromatic nitrogens is 2. The van der Waals surface area contributed by atoms with Crippen molar-refractivity contribution in [2.45, 2.75) is 6.54 Å². The Hall–Kier alpha value is -1.11. The van der Waals surface area contributed by atoms with E-state index in [1.54, 1.807) is 11.3 Å². The highest BCUT2D eigenvalue weighted by Crippen LogP contribution is 2.33. The van der Waals surface area contributed by atoms with Crippen LogP contribution in [0.2, 0.25) is 0 Å². The van der Waals surface area contributed by atoms with Crippen molar-refractivity contribution >= 4 is 48.9 Å². The van der Waals surface area contributed by atoms with E-state index in [0.717, 1.165) is 18.8 Å². The summed E-state index contributed by atoms with van der Waals surface area (Å²) in [5.41, 5.74) is 8.79. The first-order valence-corrected chi connectivity index (χ1v) is 8.35. The van der Waals surface area contributed by atoms with E-state index in [2.05, 4.69) is 49.1 Å². The minimum atomic E-state index is 0.703. The molecule has 0 fully saturated rings. The molecule has 102 valence electrons. The first-order chi connectivity index (χ1) is 9.61. The molecule has 0 bridgehead atoms. The Morgan fingerprint density at radius 2 is 2.05 bits per heavy atom. The Labute approximate surface area is 137 Å². The predicted octanol–water partition coefficient (Wildman–Crippen LogP) is 4.77. The summed E-state index contributed by atoms with van der Waals surface area (Å²) in [5, 5.41) is 4.58. The molecular formula is C14H11Br2N3S. The molecule has 0 saturated heterocycles. The summed E-state index contributed by atoms with van der Waals surface area (Å²) in [6.07, 6.45) is 1.88. The maximum Gasteiger partial charge on any atom is 0.125 e. The number of anilines is 1. The zero-order chi connectivity index (χ0) is 14.1. The predicted molar refractivity (Wildman–Crippen MR) is 90.9 cm³/mol. The van der Waals surface area contributed by atoms with E-state index < -0.39 is 0 Å². The molecule has 0 radical (unpaired) electrons. The summed E-state index contributed by atoms with van der Waals surface area (Å²) in [5.74, 6) is 0. The van der Waals surface area contributed by atoms with Crippen molar-refractivity contribution < 1.29 is 0 Å². The second-order valence-electron chi connectivity index (χ2n) is 4.36. The summed E-state index contributed by atoms with van der Waals surface area (Å²) in [6.45, 7) is 0.705. The van der Waals surface area contributed by atoms with E-state index in [4.69, 9.17) is 5.73 Å². The van der Waals surface area contributed by atoms with Crippen LogP contribution in [0.3, 0.4) is 0 Å². The van der Waals surface area contributed by atoms with Gasteiger partial charge in [0.25, 0.3) is 0 Å². The number of nitrogens with two attached hydrogens (primary N) is 1. The molecule has 0 spiro atoms. The number of nitrogens with zero attached hydrogens (tertiary/aromatic N) is 2. The Kier molecular flexibility index (Phi) is 3.96. The Bertz CT molecular complexity index is 748. The van der Waals surface area contributed by atoms with Crippen LogP contribution >= 0.6 is 43.2 Å².